The Morgan fingerprint density at radius 3 is 2.59 bits per heavy atom. The summed E-state index contributed by atoms with van der Waals surface area (Å²) in [6.07, 6.45) is -1.44. The average molecular weight is 608 g/mol. The second-order valence-corrected chi connectivity index (χ2v) is 14.7. The van der Waals surface area contributed by atoms with Gasteiger partial charge in [0.15, 0.2) is 11.9 Å². The van der Waals surface area contributed by atoms with Crippen molar-refractivity contribution in [2.24, 2.45) is 5.41 Å². The van der Waals surface area contributed by atoms with Crippen LogP contribution in [-0.2, 0) is 30.6 Å². The van der Waals surface area contributed by atoms with Crippen molar-refractivity contribution in [3.63, 3.8) is 0 Å². The molecule has 0 spiro atoms. The van der Waals surface area contributed by atoms with E-state index in [2.05, 4.69) is 20.0 Å². The average Bonchev–Trinajstić information content (AvgIpc) is 3.41. The van der Waals surface area contributed by atoms with Crippen LogP contribution in [0.15, 0.2) is 43.0 Å². The van der Waals surface area contributed by atoms with E-state index in [4.69, 9.17) is 30.3 Å². The lowest BCUT2D eigenvalue weighted by molar-refractivity contribution is -0.148. The molecule has 1 aliphatic rings. The van der Waals surface area contributed by atoms with Gasteiger partial charge in [0.2, 0.25) is 0 Å². The molecule has 0 aliphatic carbocycles. The number of carbonyl (C=O) groups is 1. The number of para-hydroxylation sites is 1. The highest BCUT2D eigenvalue weighted by Gasteiger charge is 2.56. The molecule has 0 amide bonds. The topological polar surface area (TPSA) is 150 Å². The zero-order chi connectivity index (χ0) is 30.2. The molecule has 0 radical (unpaired) electrons. The first kappa shape index (κ1) is 31.4. The summed E-state index contributed by atoms with van der Waals surface area (Å²) in [6, 6.07) is 7.98. The van der Waals surface area contributed by atoms with Gasteiger partial charge < -0.3 is 28.7 Å². The lowest BCUT2D eigenvalue weighted by atomic mass is 9.94. The number of aryl methyl sites for hydroxylation is 1. The molecule has 3 N–H and O–H groups in total. The maximum absolute atomic E-state index is 12.8. The molecule has 1 aliphatic heterocycles. The number of aliphatic hydroxyl groups is 2. The van der Waals surface area contributed by atoms with Gasteiger partial charge in [0.25, 0.3) is 0 Å². The molecule has 3 heterocycles. The van der Waals surface area contributed by atoms with E-state index in [0.717, 1.165) is 0 Å². The standard InChI is InChI=1S/C27H38N5O7PS/c1-16-20-23(29-14-28-16)32(15-30-20)25-27(7,35)22(33)21(37-25)18(3)38-40(41,39-19-11-9-8-10-12-19)31-17(2)24(34)36-13-26(4,5)6/h8-12,14-15,17-18,21-22,25,33,35H,13H2,1-7H3,(H,31,41)/t17?,18?,21?,22-,25-,27-,40?/m1/s1. The maximum Gasteiger partial charge on any atom is 0.323 e. The van der Waals surface area contributed by atoms with Crippen molar-refractivity contribution in [1.29, 1.82) is 0 Å². The zero-order valence-corrected chi connectivity index (χ0v) is 25.9. The van der Waals surface area contributed by atoms with E-state index in [9.17, 15) is 15.0 Å². The van der Waals surface area contributed by atoms with E-state index < -0.39 is 48.8 Å². The SMILES string of the molecule is Cc1ncnc2c1ncn2[C@@H]1OC(C(C)OP(=S)(NC(C)C(=O)OCC(C)(C)C)Oc2ccccc2)[C@@H](O)[C@@]1(C)O. The third-order valence-corrected chi connectivity index (χ3v) is 9.14. The van der Waals surface area contributed by atoms with Gasteiger partial charge in [-0.1, -0.05) is 39.0 Å². The van der Waals surface area contributed by atoms with Crippen LogP contribution in [0.2, 0.25) is 0 Å². The van der Waals surface area contributed by atoms with Crippen LogP contribution in [0.4, 0.5) is 0 Å². The molecule has 12 nitrogen and oxygen atoms in total. The van der Waals surface area contributed by atoms with Crippen LogP contribution in [-0.4, -0.2) is 72.3 Å². The van der Waals surface area contributed by atoms with E-state index in [1.165, 1.54) is 19.6 Å². The van der Waals surface area contributed by atoms with Crippen molar-refractivity contribution in [1.82, 2.24) is 24.6 Å². The van der Waals surface area contributed by atoms with E-state index in [-0.39, 0.29) is 12.0 Å². The molecule has 7 atom stereocenters. The van der Waals surface area contributed by atoms with Gasteiger partial charge in [0, 0.05) is 0 Å². The number of hydrogen-bond acceptors (Lipinski definition) is 11. The smallest absolute Gasteiger partial charge is 0.323 e. The minimum atomic E-state index is -3.45. The summed E-state index contributed by atoms with van der Waals surface area (Å²) >= 11 is 5.85. The van der Waals surface area contributed by atoms with E-state index in [1.807, 2.05) is 26.8 Å². The molecule has 14 heteroatoms. The molecule has 224 valence electrons. The fourth-order valence-corrected chi connectivity index (χ4v) is 7.21. The number of benzene rings is 1. The summed E-state index contributed by atoms with van der Waals surface area (Å²) in [5.41, 5.74) is -0.283. The Bertz CT molecular complexity index is 1410. The van der Waals surface area contributed by atoms with Crippen LogP contribution in [0.1, 0.15) is 53.5 Å². The Morgan fingerprint density at radius 1 is 1.24 bits per heavy atom. The number of hydrogen-bond donors (Lipinski definition) is 3. The van der Waals surface area contributed by atoms with Gasteiger partial charge in [0.1, 0.15) is 41.4 Å². The number of aromatic nitrogens is 4. The number of fused-ring (bicyclic) bond motifs is 1. The van der Waals surface area contributed by atoms with Gasteiger partial charge in [-0.3, -0.25) is 9.36 Å². The van der Waals surface area contributed by atoms with E-state index in [1.54, 1.807) is 49.6 Å². The summed E-state index contributed by atoms with van der Waals surface area (Å²) in [4.78, 5) is 25.6. The Labute approximate surface area is 244 Å². The Morgan fingerprint density at radius 2 is 1.93 bits per heavy atom. The molecule has 2 aromatic heterocycles. The van der Waals surface area contributed by atoms with E-state index in [0.29, 0.717) is 22.6 Å². The number of ether oxygens (including phenoxy) is 2. The Kier molecular flexibility index (Phi) is 9.20. The monoisotopic (exact) mass is 607 g/mol. The Hall–Kier alpha value is -2.51. The highest BCUT2D eigenvalue weighted by molar-refractivity contribution is 8.09. The molecular weight excluding hydrogens is 569 g/mol. The molecule has 0 bridgehead atoms. The van der Waals surface area contributed by atoms with Crippen LogP contribution in [0, 0.1) is 12.3 Å². The molecule has 1 saturated heterocycles. The second kappa shape index (κ2) is 12.0. The highest BCUT2D eigenvalue weighted by atomic mass is 32.5. The summed E-state index contributed by atoms with van der Waals surface area (Å²) in [5, 5.41) is 25.6. The first-order valence-electron chi connectivity index (χ1n) is 13.3. The number of esters is 1. The first-order chi connectivity index (χ1) is 19.1. The maximum atomic E-state index is 12.8. The summed E-state index contributed by atoms with van der Waals surface area (Å²) in [6.45, 7) is 9.20. The van der Waals surface area contributed by atoms with Gasteiger partial charge in [-0.2, -0.15) is 0 Å². The molecular formula is C27H38N5O7PS. The van der Waals surface area contributed by atoms with Crippen molar-refractivity contribution in [2.75, 3.05) is 6.61 Å². The largest absolute Gasteiger partial charge is 0.464 e. The lowest BCUT2D eigenvalue weighted by Crippen LogP contribution is -2.46. The van der Waals surface area contributed by atoms with Crippen LogP contribution < -0.4 is 9.61 Å². The number of aliphatic hydroxyl groups excluding tert-OH is 1. The third kappa shape index (κ3) is 7.11. The summed E-state index contributed by atoms with van der Waals surface area (Å²) in [5.74, 6) is -0.0741. The normalized spacial score (nSPS) is 25.9. The second-order valence-electron chi connectivity index (χ2n) is 11.6. The minimum absolute atomic E-state index is 0.212. The summed E-state index contributed by atoms with van der Waals surface area (Å²) in [7, 11) is 0. The molecule has 4 unspecified atom stereocenters. The molecule has 0 saturated carbocycles. The number of nitrogens with zero attached hydrogens (tertiary/aromatic N) is 4. The molecule has 1 aromatic carbocycles. The molecule has 3 aromatic rings. The van der Waals surface area contributed by atoms with Gasteiger partial charge in [0.05, 0.1) is 24.7 Å². The molecule has 4 rings (SSSR count). The van der Waals surface area contributed by atoms with Crippen LogP contribution in [0.25, 0.3) is 11.2 Å². The van der Waals surface area contributed by atoms with Gasteiger partial charge in [-0.05, 0) is 57.0 Å². The lowest BCUT2D eigenvalue weighted by Gasteiger charge is -2.32. The number of carbonyl (C=O) groups excluding carboxylic acids is 1. The Balaban J connectivity index is 1.56. The first-order valence-corrected chi connectivity index (χ1v) is 15.9. The van der Waals surface area contributed by atoms with Gasteiger partial charge in [-0.25, -0.2) is 20.0 Å². The van der Waals surface area contributed by atoms with Crippen molar-refractivity contribution in [3.05, 3.63) is 48.7 Å². The predicted octanol–water partition coefficient (Wildman–Crippen LogP) is 3.42. The predicted molar refractivity (Wildman–Crippen MR) is 156 cm³/mol. The van der Waals surface area contributed by atoms with Crippen molar-refractivity contribution >= 4 is 35.6 Å². The third-order valence-electron chi connectivity index (χ3n) is 6.58. The number of nitrogens with one attached hydrogen (secondary N) is 1. The molecule has 1 fully saturated rings. The molecule has 41 heavy (non-hydrogen) atoms. The quantitative estimate of drug-likeness (QED) is 0.229. The summed E-state index contributed by atoms with van der Waals surface area (Å²) < 4.78 is 25.6. The van der Waals surface area contributed by atoms with Gasteiger partial charge in [-0.15, -0.1) is 0 Å². The van der Waals surface area contributed by atoms with Crippen molar-refractivity contribution in [3.8, 4) is 5.75 Å². The van der Waals surface area contributed by atoms with Crippen LogP contribution in [0.3, 0.4) is 0 Å². The number of rotatable bonds is 10. The fourth-order valence-electron chi connectivity index (χ4n) is 4.37. The fraction of sp³-hybridized carbons (Fsp3) is 0.556. The van der Waals surface area contributed by atoms with Crippen LogP contribution in [0.5, 0.6) is 5.75 Å². The minimum Gasteiger partial charge on any atom is -0.464 e. The van der Waals surface area contributed by atoms with Gasteiger partial charge >= 0.3 is 12.6 Å². The van der Waals surface area contributed by atoms with Crippen LogP contribution >= 0.6 is 6.64 Å². The zero-order valence-electron chi connectivity index (χ0n) is 24.2. The van der Waals surface area contributed by atoms with Crippen molar-refractivity contribution < 1.29 is 33.5 Å². The van der Waals surface area contributed by atoms with Crippen molar-refractivity contribution in [2.45, 2.75) is 84.6 Å². The highest BCUT2D eigenvalue weighted by Crippen LogP contribution is 2.49. The van der Waals surface area contributed by atoms with E-state index >= 15 is 0 Å². The number of imidazole rings is 1.